The minimum absolute atomic E-state index is 0.0792. The third kappa shape index (κ3) is 3.86. The number of benzene rings is 1. The first-order valence-electron chi connectivity index (χ1n) is 6.03. The Hall–Kier alpha value is -1.86. The number of para-hydroxylation sites is 1. The van der Waals surface area contributed by atoms with Gasteiger partial charge in [-0.15, -0.1) is 0 Å². The van der Waals surface area contributed by atoms with E-state index in [1.54, 1.807) is 4.90 Å². The maximum atomic E-state index is 11.9. The molecule has 0 aromatic heterocycles. The summed E-state index contributed by atoms with van der Waals surface area (Å²) < 4.78 is 0. The molecule has 0 unspecified atom stereocenters. The molecule has 0 fully saturated rings. The Kier molecular flexibility index (Phi) is 5.34. The van der Waals surface area contributed by atoms with Gasteiger partial charge in [-0.05, 0) is 31.5 Å². The number of nitrogens with zero attached hydrogens (tertiary/aromatic N) is 2. The lowest BCUT2D eigenvalue weighted by molar-refractivity contribution is -0.117. The van der Waals surface area contributed by atoms with E-state index in [2.05, 4.69) is 11.4 Å². The van der Waals surface area contributed by atoms with E-state index in [9.17, 15) is 4.79 Å². The van der Waals surface area contributed by atoms with Crippen LogP contribution >= 0.6 is 0 Å². The first-order valence-corrected chi connectivity index (χ1v) is 6.03. The van der Waals surface area contributed by atoms with E-state index in [1.807, 2.05) is 39.0 Å². The molecule has 0 heterocycles. The number of hydrogen-bond donors (Lipinski definition) is 1. The average molecular weight is 245 g/mol. The van der Waals surface area contributed by atoms with Crippen LogP contribution in [-0.4, -0.2) is 30.4 Å². The number of hydrogen-bond acceptors (Lipinski definition) is 3. The zero-order chi connectivity index (χ0) is 13.5. The molecule has 1 amide bonds. The highest BCUT2D eigenvalue weighted by atomic mass is 16.2. The number of anilines is 1. The number of likely N-dealkylation sites (N-methyl/N-ethyl adjacent to an activating group) is 1. The molecule has 0 bridgehead atoms. The maximum absolute atomic E-state index is 11.9. The predicted molar refractivity (Wildman–Crippen MR) is 72.3 cm³/mol. The van der Waals surface area contributed by atoms with Crippen molar-refractivity contribution in [3.63, 3.8) is 0 Å². The molecule has 0 atom stereocenters. The minimum Gasteiger partial charge on any atom is -0.324 e. The summed E-state index contributed by atoms with van der Waals surface area (Å²) in [6.45, 7) is 7.08. The van der Waals surface area contributed by atoms with Crippen LogP contribution in [0.25, 0.3) is 0 Å². The van der Waals surface area contributed by atoms with Gasteiger partial charge in [-0.3, -0.25) is 9.69 Å². The molecule has 0 aliphatic carbocycles. The molecule has 1 rings (SSSR count). The van der Waals surface area contributed by atoms with Crippen molar-refractivity contribution in [3.05, 3.63) is 29.3 Å². The van der Waals surface area contributed by atoms with E-state index in [0.717, 1.165) is 16.8 Å². The topological polar surface area (TPSA) is 56.1 Å². The van der Waals surface area contributed by atoms with Gasteiger partial charge in [0.15, 0.2) is 0 Å². The second kappa shape index (κ2) is 6.77. The van der Waals surface area contributed by atoms with Gasteiger partial charge in [-0.2, -0.15) is 5.26 Å². The fourth-order valence-corrected chi connectivity index (χ4v) is 1.77. The summed E-state index contributed by atoms with van der Waals surface area (Å²) in [5.74, 6) is -0.0792. The van der Waals surface area contributed by atoms with Crippen LogP contribution in [0, 0.1) is 25.2 Å². The molecule has 4 heteroatoms. The van der Waals surface area contributed by atoms with Crippen molar-refractivity contribution in [2.24, 2.45) is 0 Å². The SMILES string of the molecule is CCN(CC#N)CC(=O)Nc1c(C)cccc1C. The molecule has 0 aliphatic heterocycles. The van der Waals surface area contributed by atoms with E-state index in [1.165, 1.54) is 0 Å². The lowest BCUT2D eigenvalue weighted by Gasteiger charge is -2.17. The smallest absolute Gasteiger partial charge is 0.238 e. The highest BCUT2D eigenvalue weighted by molar-refractivity contribution is 5.93. The van der Waals surface area contributed by atoms with Gasteiger partial charge in [-0.1, -0.05) is 25.1 Å². The van der Waals surface area contributed by atoms with Crippen LogP contribution in [0.15, 0.2) is 18.2 Å². The van der Waals surface area contributed by atoms with Gasteiger partial charge in [0, 0.05) is 5.69 Å². The Balaban J connectivity index is 2.68. The van der Waals surface area contributed by atoms with E-state index >= 15 is 0 Å². The van der Waals surface area contributed by atoms with Gasteiger partial charge in [0.25, 0.3) is 0 Å². The highest BCUT2D eigenvalue weighted by Gasteiger charge is 2.10. The number of nitrogens with one attached hydrogen (secondary N) is 1. The normalized spacial score (nSPS) is 10.2. The zero-order valence-electron chi connectivity index (χ0n) is 11.2. The summed E-state index contributed by atoms with van der Waals surface area (Å²) in [5.41, 5.74) is 2.97. The molecule has 0 saturated heterocycles. The predicted octanol–water partition coefficient (Wildman–Crippen LogP) is 2.09. The maximum Gasteiger partial charge on any atom is 0.238 e. The van der Waals surface area contributed by atoms with Gasteiger partial charge in [0.2, 0.25) is 5.91 Å². The van der Waals surface area contributed by atoms with Crippen molar-refractivity contribution >= 4 is 11.6 Å². The Morgan fingerprint density at radius 2 is 2.00 bits per heavy atom. The lowest BCUT2D eigenvalue weighted by atomic mass is 10.1. The number of rotatable bonds is 5. The molecular formula is C14H19N3O. The average Bonchev–Trinajstić information content (AvgIpc) is 2.33. The molecule has 0 spiro atoms. The molecule has 96 valence electrons. The summed E-state index contributed by atoms with van der Waals surface area (Å²) in [7, 11) is 0. The second-order valence-corrected chi connectivity index (χ2v) is 4.28. The van der Waals surface area contributed by atoms with E-state index in [4.69, 9.17) is 5.26 Å². The molecule has 0 radical (unpaired) electrons. The van der Waals surface area contributed by atoms with E-state index in [0.29, 0.717) is 6.54 Å². The summed E-state index contributed by atoms with van der Waals surface area (Å²) in [4.78, 5) is 13.7. The third-order valence-electron chi connectivity index (χ3n) is 2.85. The number of carbonyl (C=O) groups excluding carboxylic acids is 1. The van der Waals surface area contributed by atoms with Crippen LogP contribution in [-0.2, 0) is 4.79 Å². The molecule has 0 saturated carbocycles. The van der Waals surface area contributed by atoms with E-state index < -0.39 is 0 Å². The molecule has 0 aliphatic rings. The first kappa shape index (κ1) is 14.2. The van der Waals surface area contributed by atoms with Gasteiger partial charge in [0.1, 0.15) is 0 Å². The fourth-order valence-electron chi connectivity index (χ4n) is 1.77. The second-order valence-electron chi connectivity index (χ2n) is 4.28. The highest BCUT2D eigenvalue weighted by Crippen LogP contribution is 2.19. The molecule has 4 nitrogen and oxygen atoms in total. The summed E-state index contributed by atoms with van der Waals surface area (Å²) in [6, 6.07) is 7.96. The van der Waals surface area contributed by atoms with Crippen molar-refractivity contribution in [2.75, 3.05) is 25.0 Å². The molecule has 1 N–H and O–H groups in total. The number of aryl methyl sites for hydroxylation is 2. The van der Waals surface area contributed by atoms with Crippen molar-refractivity contribution in [1.82, 2.24) is 4.90 Å². The van der Waals surface area contributed by atoms with Gasteiger partial charge in [-0.25, -0.2) is 0 Å². The van der Waals surface area contributed by atoms with Crippen LogP contribution in [0.2, 0.25) is 0 Å². The summed E-state index contributed by atoms with van der Waals surface area (Å²) >= 11 is 0. The quantitative estimate of drug-likeness (QED) is 0.808. The number of amides is 1. The van der Waals surface area contributed by atoms with Crippen LogP contribution in [0.4, 0.5) is 5.69 Å². The van der Waals surface area contributed by atoms with Crippen LogP contribution in [0.1, 0.15) is 18.1 Å². The van der Waals surface area contributed by atoms with Gasteiger partial charge < -0.3 is 5.32 Å². The standard InChI is InChI=1S/C14H19N3O/c1-4-17(9-8-15)10-13(18)16-14-11(2)6-5-7-12(14)3/h5-7H,4,9-10H2,1-3H3,(H,16,18). The summed E-state index contributed by atoms with van der Waals surface area (Å²) in [6.07, 6.45) is 0. The fraction of sp³-hybridized carbons (Fsp3) is 0.429. The van der Waals surface area contributed by atoms with Gasteiger partial charge >= 0.3 is 0 Å². The first-order chi connectivity index (χ1) is 8.58. The number of nitriles is 1. The molecule has 1 aromatic rings. The van der Waals surface area contributed by atoms with Crippen molar-refractivity contribution in [3.8, 4) is 6.07 Å². The Labute approximate surface area is 108 Å². The summed E-state index contributed by atoms with van der Waals surface area (Å²) in [5, 5.41) is 11.5. The third-order valence-corrected chi connectivity index (χ3v) is 2.85. The van der Waals surface area contributed by atoms with Crippen LogP contribution in [0.5, 0.6) is 0 Å². The van der Waals surface area contributed by atoms with Crippen molar-refractivity contribution < 1.29 is 4.79 Å². The van der Waals surface area contributed by atoms with Crippen molar-refractivity contribution in [2.45, 2.75) is 20.8 Å². The van der Waals surface area contributed by atoms with Crippen LogP contribution in [0.3, 0.4) is 0 Å². The van der Waals surface area contributed by atoms with E-state index in [-0.39, 0.29) is 19.0 Å². The minimum atomic E-state index is -0.0792. The Bertz CT molecular complexity index is 442. The zero-order valence-corrected chi connectivity index (χ0v) is 11.2. The lowest BCUT2D eigenvalue weighted by Crippen LogP contribution is -2.33. The molecular weight excluding hydrogens is 226 g/mol. The monoisotopic (exact) mass is 245 g/mol. The largest absolute Gasteiger partial charge is 0.324 e. The Morgan fingerprint density at radius 3 is 2.50 bits per heavy atom. The van der Waals surface area contributed by atoms with Crippen LogP contribution < -0.4 is 5.32 Å². The van der Waals surface area contributed by atoms with Gasteiger partial charge in [0.05, 0.1) is 19.2 Å². The Morgan fingerprint density at radius 1 is 1.39 bits per heavy atom. The number of carbonyl (C=O) groups is 1. The molecule has 1 aromatic carbocycles. The van der Waals surface area contributed by atoms with Crippen molar-refractivity contribution in [1.29, 1.82) is 5.26 Å². The molecule has 18 heavy (non-hydrogen) atoms.